The average molecular weight is 385 g/mol. The minimum absolute atomic E-state index is 0.138. The number of ether oxygens (including phenoxy) is 1. The number of hydrogen-bond donors (Lipinski definition) is 1. The van der Waals surface area contributed by atoms with Gasteiger partial charge in [-0.15, -0.1) is 0 Å². The fourth-order valence-electron chi connectivity index (χ4n) is 3.28. The molecular formula is C24H23N3O2. The number of nitrogens with zero attached hydrogens (tertiary/aromatic N) is 2. The van der Waals surface area contributed by atoms with Crippen molar-refractivity contribution in [3.8, 4) is 5.75 Å². The van der Waals surface area contributed by atoms with E-state index >= 15 is 0 Å². The molecule has 0 bridgehead atoms. The lowest BCUT2D eigenvalue weighted by molar-refractivity contribution is 0.102. The number of fused-ring (bicyclic) bond motifs is 1. The minimum atomic E-state index is -0.138. The summed E-state index contributed by atoms with van der Waals surface area (Å²) in [6.07, 6.45) is 1.87. The smallest absolute Gasteiger partial charge is 0.255 e. The first-order chi connectivity index (χ1) is 14.0. The first-order valence-electron chi connectivity index (χ1n) is 9.50. The highest BCUT2D eigenvalue weighted by Gasteiger charge is 2.08. The van der Waals surface area contributed by atoms with Gasteiger partial charge in [-0.1, -0.05) is 12.1 Å². The molecule has 0 aliphatic carbocycles. The van der Waals surface area contributed by atoms with Gasteiger partial charge < -0.3 is 14.6 Å². The molecule has 0 fully saturated rings. The number of benzene rings is 3. The van der Waals surface area contributed by atoms with Crippen LogP contribution in [0.2, 0.25) is 0 Å². The second kappa shape index (κ2) is 7.80. The molecule has 0 saturated heterocycles. The van der Waals surface area contributed by atoms with E-state index < -0.39 is 0 Å². The zero-order valence-electron chi connectivity index (χ0n) is 16.8. The fourth-order valence-corrected chi connectivity index (χ4v) is 3.28. The number of amides is 1. The topological polar surface area (TPSA) is 56.1 Å². The van der Waals surface area contributed by atoms with Gasteiger partial charge in [0.05, 0.1) is 24.5 Å². The maximum Gasteiger partial charge on any atom is 0.255 e. The van der Waals surface area contributed by atoms with Gasteiger partial charge in [-0.3, -0.25) is 4.79 Å². The van der Waals surface area contributed by atoms with Crippen LogP contribution in [0.4, 0.5) is 5.69 Å². The third-order valence-electron chi connectivity index (χ3n) is 5.15. The Morgan fingerprint density at radius 2 is 1.69 bits per heavy atom. The third kappa shape index (κ3) is 3.99. The number of rotatable bonds is 5. The lowest BCUT2D eigenvalue weighted by Crippen LogP contribution is -2.12. The number of nitrogens with one attached hydrogen (secondary N) is 1. The molecule has 0 atom stereocenters. The van der Waals surface area contributed by atoms with E-state index in [1.165, 1.54) is 11.1 Å². The van der Waals surface area contributed by atoms with Crippen molar-refractivity contribution >= 4 is 22.6 Å². The first-order valence-corrected chi connectivity index (χ1v) is 9.50. The van der Waals surface area contributed by atoms with Crippen molar-refractivity contribution in [1.29, 1.82) is 0 Å². The number of carbonyl (C=O) groups is 1. The van der Waals surface area contributed by atoms with Gasteiger partial charge in [-0.2, -0.15) is 0 Å². The number of aryl methyl sites for hydroxylation is 2. The molecule has 29 heavy (non-hydrogen) atoms. The molecule has 5 heteroatoms. The third-order valence-corrected chi connectivity index (χ3v) is 5.15. The lowest BCUT2D eigenvalue weighted by Gasteiger charge is -2.09. The first kappa shape index (κ1) is 18.7. The predicted molar refractivity (Wildman–Crippen MR) is 116 cm³/mol. The van der Waals surface area contributed by atoms with E-state index in [9.17, 15) is 4.79 Å². The summed E-state index contributed by atoms with van der Waals surface area (Å²) in [6, 6.07) is 19.2. The molecule has 4 rings (SSSR count). The van der Waals surface area contributed by atoms with E-state index in [0.29, 0.717) is 12.1 Å². The maximum absolute atomic E-state index is 12.5. The van der Waals surface area contributed by atoms with E-state index in [1.807, 2.05) is 54.9 Å². The van der Waals surface area contributed by atoms with E-state index in [1.54, 1.807) is 7.11 Å². The minimum Gasteiger partial charge on any atom is -0.497 e. The van der Waals surface area contributed by atoms with E-state index in [2.05, 4.69) is 40.8 Å². The van der Waals surface area contributed by atoms with Crippen LogP contribution in [-0.2, 0) is 6.54 Å². The fraction of sp³-hybridized carbons (Fsp3) is 0.167. The van der Waals surface area contributed by atoms with Crippen LogP contribution in [0.25, 0.3) is 11.0 Å². The monoisotopic (exact) mass is 385 g/mol. The van der Waals surface area contributed by atoms with Crippen LogP contribution < -0.4 is 10.1 Å². The van der Waals surface area contributed by atoms with Crippen molar-refractivity contribution in [3.63, 3.8) is 0 Å². The van der Waals surface area contributed by atoms with Crippen molar-refractivity contribution in [3.05, 3.63) is 89.2 Å². The maximum atomic E-state index is 12.5. The Morgan fingerprint density at radius 1 is 1.00 bits per heavy atom. The molecule has 3 aromatic carbocycles. The molecule has 0 aliphatic rings. The average Bonchev–Trinajstić information content (AvgIpc) is 3.11. The van der Waals surface area contributed by atoms with Crippen molar-refractivity contribution < 1.29 is 9.53 Å². The Bertz CT molecular complexity index is 1160. The molecule has 1 N–H and O–H groups in total. The van der Waals surface area contributed by atoms with Gasteiger partial charge in [0.25, 0.3) is 5.91 Å². The van der Waals surface area contributed by atoms with Gasteiger partial charge in [0.2, 0.25) is 0 Å². The molecule has 0 spiro atoms. The summed E-state index contributed by atoms with van der Waals surface area (Å²) in [5.74, 6) is 0.616. The van der Waals surface area contributed by atoms with E-state index in [-0.39, 0.29) is 5.91 Å². The highest BCUT2D eigenvalue weighted by Crippen LogP contribution is 2.20. The summed E-state index contributed by atoms with van der Waals surface area (Å²) < 4.78 is 7.27. The summed E-state index contributed by atoms with van der Waals surface area (Å²) in [5.41, 5.74) is 7.09. The molecule has 5 nitrogen and oxygen atoms in total. The molecule has 0 saturated carbocycles. The van der Waals surface area contributed by atoms with Crippen LogP contribution in [0, 0.1) is 13.8 Å². The number of aromatic nitrogens is 2. The van der Waals surface area contributed by atoms with Gasteiger partial charge >= 0.3 is 0 Å². The number of methoxy groups -OCH3 is 1. The van der Waals surface area contributed by atoms with Crippen LogP contribution in [0.3, 0.4) is 0 Å². The summed E-state index contributed by atoms with van der Waals surface area (Å²) in [5, 5.41) is 2.90. The number of imidazole rings is 1. The summed E-state index contributed by atoms with van der Waals surface area (Å²) >= 11 is 0. The molecule has 1 aromatic heterocycles. The molecular weight excluding hydrogens is 362 g/mol. The summed E-state index contributed by atoms with van der Waals surface area (Å²) in [7, 11) is 1.62. The highest BCUT2D eigenvalue weighted by atomic mass is 16.5. The Kier molecular flexibility index (Phi) is 5.04. The van der Waals surface area contributed by atoms with Crippen LogP contribution in [-0.4, -0.2) is 22.6 Å². The van der Waals surface area contributed by atoms with Crippen molar-refractivity contribution in [2.45, 2.75) is 20.4 Å². The second-order valence-electron chi connectivity index (χ2n) is 7.18. The zero-order chi connectivity index (χ0) is 20.4. The number of carbonyl (C=O) groups excluding carboxylic acids is 1. The molecule has 0 aliphatic heterocycles. The van der Waals surface area contributed by atoms with Gasteiger partial charge in [0.1, 0.15) is 5.75 Å². The van der Waals surface area contributed by atoms with Crippen LogP contribution in [0.5, 0.6) is 5.75 Å². The molecule has 4 aromatic rings. The summed E-state index contributed by atoms with van der Waals surface area (Å²) in [6.45, 7) is 4.92. The zero-order valence-corrected chi connectivity index (χ0v) is 16.8. The van der Waals surface area contributed by atoms with Crippen molar-refractivity contribution in [1.82, 2.24) is 9.55 Å². The number of hydrogen-bond acceptors (Lipinski definition) is 3. The molecule has 0 unspecified atom stereocenters. The standard InChI is InChI=1S/C24H23N3O2/c1-16-12-22-23(13-17(16)2)27(15-25-22)14-18-4-6-19(7-5-18)24(28)26-20-8-10-21(29-3)11-9-20/h4-13,15H,14H2,1-3H3,(H,26,28). The molecule has 0 radical (unpaired) electrons. The van der Waals surface area contributed by atoms with Gasteiger partial charge in [0.15, 0.2) is 0 Å². The molecule has 1 amide bonds. The largest absolute Gasteiger partial charge is 0.497 e. The second-order valence-corrected chi connectivity index (χ2v) is 7.18. The van der Waals surface area contributed by atoms with E-state index in [0.717, 1.165) is 28.0 Å². The molecule has 1 heterocycles. The van der Waals surface area contributed by atoms with Gasteiger partial charge in [-0.25, -0.2) is 4.98 Å². The number of anilines is 1. The van der Waals surface area contributed by atoms with Crippen LogP contribution >= 0.6 is 0 Å². The van der Waals surface area contributed by atoms with E-state index in [4.69, 9.17) is 4.74 Å². The Hall–Kier alpha value is -3.60. The predicted octanol–water partition coefficient (Wildman–Crippen LogP) is 4.96. The van der Waals surface area contributed by atoms with Gasteiger partial charge in [0, 0.05) is 17.8 Å². The van der Waals surface area contributed by atoms with Crippen LogP contribution in [0.15, 0.2) is 67.0 Å². The van der Waals surface area contributed by atoms with Crippen molar-refractivity contribution in [2.75, 3.05) is 12.4 Å². The van der Waals surface area contributed by atoms with Gasteiger partial charge in [-0.05, 0) is 79.1 Å². The SMILES string of the molecule is COc1ccc(NC(=O)c2ccc(Cn3cnc4cc(C)c(C)cc43)cc2)cc1. The van der Waals surface area contributed by atoms with Crippen LogP contribution in [0.1, 0.15) is 27.0 Å². The Labute approximate surface area is 170 Å². The molecule has 146 valence electrons. The quantitative estimate of drug-likeness (QED) is 0.528. The Morgan fingerprint density at radius 3 is 2.38 bits per heavy atom. The summed E-state index contributed by atoms with van der Waals surface area (Å²) in [4.78, 5) is 17.0. The normalized spacial score (nSPS) is 10.9. The highest BCUT2D eigenvalue weighted by molar-refractivity contribution is 6.04. The lowest BCUT2D eigenvalue weighted by atomic mass is 10.1. The Balaban J connectivity index is 1.47. The van der Waals surface area contributed by atoms with Crippen molar-refractivity contribution in [2.24, 2.45) is 0 Å².